The van der Waals surface area contributed by atoms with Crippen molar-refractivity contribution < 1.29 is 0 Å². The zero-order chi connectivity index (χ0) is 22.8. The minimum Gasteiger partial charge on any atom is -0.0683 e. The van der Waals surface area contributed by atoms with Crippen LogP contribution in [-0.2, 0) is 0 Å². The summed E-state index contributed by atoms with van der Waals surface area (Å²) in [6, 6.07) is 0. The molecule has 1 radical (unpaired) electrons. The van der Waals surface area contributed by atoms with Crippen molar-refractivity contribution in [1.82, 2.24) is 0 Å². The van der Waals surface area contributed by atoms with E-state index < -0.39 is 0 Å². The molecule has 2 fully saturated rings. The van der Waals surface area contributed by atoms with E-state index in [1.807, 2.05) is 83.1 Å². The summed E-state index contributed by atoms with van der Waals surface area (Å²) in [5, 5.41) is 1.15. The van der Waals surface area contributed by atoms with Gasteiger partial charge in [-0.2, -0.15) is 0 Å². The van der Waals surface area contributed by atoms with Crippen molar-refractivity contribution in [3.05, 3.63) is 0 Å². The maximum atomic E-state index is 2.76. The predicted molar refractivity (Wildman–Crippen MR) is 137 cm³/mol. The van der Waals surface area contributed by atoms with Crippen LogP contribution in [-0.4, -0.2) is 7.28 Å². The Labute approximate surface area is 179 Å². The van der Waals surface area contributed by atoms with E-state index in [1.165, 1.54) is 64.2 Å². The summed E-state index contributed by atoms with van der Waals surface area (Å²) in [5.74, 6) is 0. The van der Waals surface area contributed by atoms with Crippen LogP contribution in [0.15, 0.2) is 0 Å². The lowest BCUT2D eigenvalue weighted by atomic mass is 9.34. The van der Waals surface area contributed by atoms with Crippen molar-refractivity contribution in [2.45, 2.75) is 172 Å². The zero-order valence-corrected chi connectivity index (χ0v) is 22.6. The number of hydrogen-bond acceptors (Lipinski definition) is 0. The molecule has 27 heavy (non-hydrogen) atoms. The van der Waals surface area contributed by atoms with Gasteiger partial charge in [0.05, 0.1) is 0 Å². The van der Waals surface area contributed by atoms with E-state index in [4.69, 9.17) is 0 Å². The Balaban J connectivity index is -0.000000115. The quantitative estimate of drug-likeness (QED) is 0.414. The molecular weight excluding hydrogens is 323 g/mol. The highest BCUT2D eigenvalue weighted by molar-refractivity contribution is 6.44. The first-order valence-electron chi connectivity index (χ1n) is 13.0. The van der Waals surface area contributed by atoms with Gasteiger partial charge >= 0.3 is 0 Å². The Kier molecular flexibility index (Phi) is 43.1. The Hall–Kier alpha value is 0.0649. The molecule has 0 atom stereocenters. The van der Waals surface area contributed by atoms with E-state index >= 15 is 0 Å². The van der Waals surface area contributed by atoms with Crippen LogP contribution in [0.4, 0.5) is 0 Å². The second kappa shape index (κ2) is 30.8. The predicted octanol–water partition coefficient (Wildman–Crippen LogP) is 11.1. The van der Waals surface area contributed by atoms with Gasteiger partial charge in [-0.15, -0.1) is 0 Å². The van der Waals surface area contributed by atoms with Crippen LogP contribution in [0.1, 0.15) is 161 Å². The van der Waals surface area contributed by atoms with E-state index in [0.29, 0.717) is 10.6 Å². The first-order chi connectivity index (χ1) is 13.1. The SMILES string of the molecule is CC.CC.CC.CC.CC.CC.CC1([B]C2(C)CCCCC2)CCCCC1. The van der Waals surface area contributed by atoms with Crippen molar-refractivity contribution in [1.29, 1.82) is 0 Å². The van der Waals surface area contributed by atoms with Gasteiger partial charge in [-0.1, -0.05) is 172 Å². The molecule has 0 amide bonds. The highest BCUT2D eigenvalue weighted by Crippen LogP contribution is 2.52. The Morgan fingerprint density at radius 2 is 0.556 bits per heavy atom. The molecule has 0 bridgehead atoms. The first-order valence-corrected chi connectivity index (χ1v) is 13.0. The van der Waals surface area contributed by atoms with Crippen molar-refractivity contribution in [3.8, 4) is 0 Å². The van der Waals surface area contributed by atoms with Gasteiger partial charge in [0.15, 0.2) is 0 Å². The van der Waals surface area contributed by atoms with Crippen LogP contribution in [0.2, 0.25) is 10.6 Å². The highest BCUT2D eigenvalue weighted by Gasteiger charge is 2.37. The second-order valence-electron chi connectivity index (χ2n) is 6.57. The van der Waals surface area contributed by atoms with Crippen LogP contribution < -0.4 is 0 Å². The lowest BCUT2D eigenvalue weighted by Gasteiger charge is -2.43. The third kappa shape index (κ3) is 22.2. The lowest BCUT2D eigenvalue weighted by molar-refractivity contribution is 0.355. The molecule has 0 nitrogen and oxygen atoms in total. The Morgan fingerprint density at radius 1 is 0.370 bits per heavy atom. The standard InChI is InChI=1S/C14H26B.6C2H6/c1-13(9-5-3-6-10-13)15-14(2)11-7-4-8-12-14;6*1-2/h3-12H2,1-2H3;6*1-2H3. The Morgan fingerprint density at radius 3 is 0.741 bits per heavy atom. The van der Waals surface area contributed by atoms with Crippen LogP contribution in [0, 0.1) is 0 Å². The normalized spacial score (nSPS) is 17.9. The molecule has 0 heterocycles. The fourth-order valence-corrected chi connectivity index (χ4v) is 3.85. The van der Waals surface area contributed by atoms with E-state index in [-0.39, 0.29) is 0 Å². The summed E-state index contributed by atoms with van der Waals surface area (Å²) < 4.78 is 0. The van der Waals surface area contributed by atoms with Gasteiger partial charge in [0.2, 0.25) is 0 Å². The van der Waals surface area contributed by atoms with Crippen molar-refractivity contribution in [2.24, 2.45) is 0 Å². The summed E-state index contributed by atoms with van der Waals surface area (Å²) >= 11 is 0. The number of rotatable bonds is 2. The van der Waals surface area contributed by atoms with E-state index in [1.54, 1.807) is 0 Å². The molecule has 0 aromatic carbocycles. The fourth-order valence-electron chi connectivity index (χ4n) is 3.85. The van der Waals surface area contributed by atoms with E-state index in [0.717, 1.165) is 0 Å². The summed E-state index contributed by atoms with van der Waals surface area (Å²) in [5.41, 5.74) is 0. The van der Waals surface area contributed by atoms with Crippen molar-refractivity contribution in [3.63, 3.8) is 0 Å². The molecule has 0 aliphatic heterocycles. The molecule has 169 valence electrons. The molecule has 0 N–H and O–H groups in total. The van der Waals surface area contributed by atoms with Gasteiger partial charge in [0.25, 0.3) is 0 Å². The molecule has 2 aliphatic carbocycles. The summed E-state index contributed by atoms with van der Waals surface area (Å²) in [6.07, 6.45) is 14.6. The smallest absolute Gasteiger partial charge is 0.0683 e. The largest absolute Gasteiger partial charge is 0.125 e. The second-order valence-corrected chi connectivity index (χ2v) is 6.57. The molecule has 1 heteroatoms. The fraction of sp³-hybridized carbons (Fsp3) is 1.00. The van der Waals surface area contributed by atoms with Gasteiger partial charge in [-0.25, -0.2) is 0 Å². The molecule has 2 saturated carbocycles. The summed E-state index contributed by atoms with van der Waals surface area (Å²) in [7, 11) is 2.76. The number of hydrogen-bond donors (Lipinski definition) is 0. The maximum absolute atomic E-state index is 2.76. The molecule has 2 rings (SSSR count). The first kappa shape index (κ1) is 37.8. The topological polar surface area (TPSA) is 0 Å². The van der Waals surface area contributed by atoms with Gasteiger partial charge in [0, 0.05) is 0 Å². The van der Waals surface area contributed by atoms with Gasteiger partial charge < -0.3 is 0 Å². The van der Waals surface area contributed by atoms with Gasteiger partial charge in [-0.3, -0.25) is 0 Å². The minimum atomic E-state index is 0.574. The van der Waals surface area contributed by atoms with Crippen molar-refractivity contribution in [2.75, 3.05) is 0 Å². The van der Waals surface area contributed by atoms with Crippen LogP contribution in [0.25, 0.3) is 0 Å². The zero-order valence-electron chi connectivity index (χ0n) is 22.6. The average Bonchev–Trinajstić information content (AvgIpc) is 2.77. The maximum Gasteiger partial charge on any atom is 0.125 e. The van der Waals surface area contributed by atoms with E-state index in [9.17, 15) is 0 Å². The monoisotopic (exact) mass is 385 g/mol. The van der Waals surface area contributed by atoms with Crippen LogP contribution >= 0.6 is 0 Å². The minimum absolute atomic E-state index is 0.574. The molecule has 0 aromatic heterocycles. The molecule has 0 spiro atoms. The van der Waals surface area contributed by atoms with Crippen molar-refractivity contribution >= 4 is 7.28 Å². The average molecular weight is 386 g/mol. The summed E-state index contributed by atoms with van der Waals surface area (Å²) in [4.78, 5) is 0. The molecule has 2 aliphatic rings. The van der Waals surface area contributed by atoms with Crippen LogP contribution in [0.5, 0.6) is 0 Å². The molecule has 0 saturated heterocycles. The van der Waals surface area contributed by atoms with Crippen LogP contribution in [0.3, 0.4) is 0 Å². The molecule has 0 unspecified atom stereocenters. The van der Waals surface area contributed by atoms with Gasteiger partial charge in [-0.05, 0) is 0 Å². The molecular formula is C26H62B. The third-order valence-corrected chi connectivity index (χ3v) is 4.69. The molecule has 0 aromatic rings. The highest BCUT2D eigenvalue weighted by atomic mass is 14.3. The summed E-state index contributed by atoms with van der Waals surface area (Å²) in [6.45, 7) is 29.0. The lowest BCUT2D eigenvalue weighted by Crippen LogP contribution is -2.31. The Bertz CT molecular complexity index is 176. The third-order valence-electron chi connectivity index (χ3n) is 4.69. The van der Waals surface area contributed by atoms with Gasteiger partial charge in [0.1, 0.15) is 7.28 Å². The van der Waals surface area contributed by atoms with E-state index in [2.05, 4.69) is 21.1 Å².